The SMILES string of the molecule is COc1ccc(C(CNC(C(N)=O)c2ccccc2)N2CCCC2)cc1. The van der Waals surface area contributed by atoms with Crippen LogP contribution in [0.4, 0.5) is 0 Å². The lowest BCUT2D eigenvalue weighted by Crippen LogP contribution is -2.40. The third-order valence-corrected chi connectivity index (χ3v) is 5.01. The van der Waals surface area contributed by atoms with Gasteiger partial charge in [-0.3, -0.25) is 9.69 Å². The molecule has 2 aromatic carbocycles. The van der Waals surface area contributed by atoms with Gasteiger partial charge in [-0.05, 0) is 49.2 Å². The molecular formula is C21H27N3O2. The van der Waals surface area contributed by atoms with Gasteiger partial charge in [-0.2, -0.15) is 0 Å². The van der Waals surface area contributed by atoms with Gasteiger partial charge in [-0.15, -0.1) is 0 Å². The summed E-state index contributed by atoms with van der Waals surface area (Å²) in [6.45, 7) is 2.81. The zero-order valence-corrected chi connectivity index (χ0v) is 15.2. The van der Waals surface area contributed by atoms with Crippen LogP contribution < -0.4 is 15.8 Å². The van der Waals surface area contributed by atoms with Gasteiger partial charge in [0.05, 0.1) is 7.11 Å². The molecule has 0 aliphatic carbocycles. The van der Waals surface area contributed by atoms with Crippen molar-refractivity contribution in [2.24, 2.45) is 5.73 Å². The Balaban J connectivity index is 1.77. The Bertz CT molecular complexity index is 697. The lowest BCUT2D eigenvalue weighted by Gasteiger charge is -2.30. The fourth-order valence-electron chi connectivity index (χ4n) is 3.59. The molecule has 1 aliphatic heterocycles. The van der Waals surface area contributed by atoms with E-state index >= 15 is 0 Å². The molecule has 5 heteroatoms. The number of ether oxygens (including phenoxy) is 1. The Hall–Kier alpha value is -2.37. The zero-order chi connectivity index (χ0) is 18.4. The summed E-state index contributed by atoms with van der Waals surface area (Å²) in [5, 5.41) is 3.39. The third kappa shape index (κ3) is 4.42. The molecule has 0 aromatic heterocycles. The smallest absolute Gasteiger partial charge is 0.239 e. The number of hydrogen-bond donors (Lipinski definition) is 2. The molecule has 5 nitrogen and oxygen atoms in total. The Labute approximate surface area is 155 Å². The van der Waals surface area contributed by atoms with E-state index in [1.165, 1.54) is 18.4 Å². The highest BCUT2D eigenvalue weighted by atomic mass is 16.5. The van der Waals surface area contributed by atoms with Crippen LogP contribution in [-0.4, -0.2) is 37.6 Å². The number of amides is 1. The first-order chi connectivity index (χ1) is 12.7. The van der Waals surface area contributed by atoms with E-state index in [0.29, 0.717) is 6.54 Å². The van der Waals surface area contributed by atoms with Crippen molar-refractivity contribution in [2.45, 2.75) is 24.9 Å². The highest BCUT2D eigenvalue weighted by Crippen LogP contribution is 2.27. The van der Waals surface area contributed by atoms with Gasteiger partial charge in [0.1, 0.15) is 11.8 Å². The van der Waals surface area contributed by atoms with Crippen molar-refractivity contribution in [1.82, 2.24) is 10.2 Å². The Morgan fingerprint density at radius 1 is 1.08 bits per heavy atom. The Kier molecular flexibility index (Phi) is 6.26. The molecule has 2 unspecified atom stereocenters. The zero-order valence-electron chi connectivity index (χ0n) is 15.2. The molecule has 3 rings (SSSR count). The van der Waals surface area contributed by atoms with E-state index in [-0.39, 0.29) is 11.9 Å². The average Bonchev–Trinajstić information content (AvgIpc) is 3.20. The van der Waals surface area contributed by atoms with Crippen LogP contribution in [-0.2, 0) is 4.79 Å². The maximum absolute atomic E-state index is 12.0. The summed E-state index contributed by atoms with van der Waals surface area (Å²) in [4.78, 5) is 14.5. The third-order valence-electron chi connectivity index (χ3n) is 5.01. The topological polar surface area (TPSA) is 67.6 Å². The second-order valence-electron chi connectivity index (χ2n) is 6.69. The van der Waals surface area contributed by atoms with Crippen LogP contribution >= 0.6 is 0 Å². The van der Waals surface area contributed by atoms with Gasteiger partial charge in [0.25, 0.3) is 0 Å². The molecule has 1 fully saturated rings. The molecule has 1 saturated heterocycles. The van der Waals surface area contributed by atoms with Gasteiger partial charge < -0.3 is 15.8 Å². The molecule has 0 spiro atoms. The van der Waals surface area contributed by atoms with Crippen LogP contribution in [0.5, 0.6) is 5.75 Å². The van der Waals surface area contributed by atoms with Crippen molar-refractivity contribution in [3.05, 3.63) is 65.7 Å². The van der Waals surface area contributed by atoms with E-state index in [1.54, 1.807) is 7.11 Å². The fourth-order valence-corrected chi connectivity index (χ4v) is 3.59. The Morgan fingerprint density at radius 2 is 1.73 bits per heavy atom. The number of hydrogen-bond acceptors (Lipinski definition) is 4. The molecule has 3 N–H and O–H groups in total. The first-order valence-electron chi connectivity index (χ1n) is 9.14. The summed E-state index contributed by atoms with van der Waals surface area (Å²) in [7, 11) is 1.67. The van der Waals surface area contributed by atoms with Crippen molar-refractivity contribution in [3.8, 4) is 5.75 Å². The number of benzene rings is 2. The largest absolute Gasteiger partial charge is 0.497 e. The molecule has 26 heavy (non-hydrogen) atoms. The molecule has 1 heterocycles. The number of carbonyl (C=O) groups excluding carboxylic acids is 1. The number of methoxy groups -OCH3 is 1. The summed E-state index contributed by atoms with van der Waals surface area (Å²) >= 11 is 0. The molecule has 0 saturated carbocycles. The number of rotatable bonds is 8. The molecule has 0 radical (unpaired) electrons. The summed E-state index contributed by atoms with van der Waals surface area (Å²) in [5.74, 6) is 0.493. The van der Waals surface area contributed by atoms with Crippen molar-refractivity contribution in [2.75, 3.05) is 26.7 Å². The Morgan fingerprint density at radius 3 is 2.31 bits per heavy atom. The minimum Gasteiger partial charge on any atom is -0.497 e. The minimum absolute atomic E-state index is 0.203. The van der Waals surface area contributed by atoms with Crippen LogP contribution in [0, 0.1) is 0 Å². The van der Waals surface area contributed by atoms with Crippen LogP contribution in [0.1, 0.15) is 36.1 Å². The molecule has 1 amide bonds. The van der Waals surface area contributed by atoms with Crippen molar-refractivity contribution >= 4 is 5.91 Å². The summed E-state index contributed by atoms with van der Waals surface area (Å²) in [5.41, 5.74) is 7.77. The number of likely N-dealkylation sites (tertiary alicyclic amines) is 1. The van der Waals surface area contributed by atoms with Crippen molar-refractivity contribution in [3.63, 3.8) is 0 Å². The van der Waals surface area contributed by atoms with Crippen LogP contribution in [0.25, 0.3) is 0 Å². The monoisotopic (exact) mass is 353 g/mol. The number of nitrogens with zero attached hydrogens (tertiary/aromatic N) is 1. The standard InChI is InChI=1S/C21H27N3O2/c1-26-18-11-9-16(10-12-18)19(24-13-5-6-14-24)15-23-20(21(22)25)17-7-3-2-4-8-17/h2-4,7-12,19-20,23H,5-6,13-15H2,1H3,(H2,22,25). The molecule has 0 bridgehead atoms. The van der Waals surface area contributed by atoms with Crippen molar-refractivity contribution in [1.29, 1.82) is 0 Å². The summed E-state index contributed by atoms with van der Waals surface area (Å²) in [6, 6.07) is 17.5. The van der Waals surface area contributed by atoms with E-state index in [1.807, 2.05) is 42.5 Å². The molecule has 2 aromatic rings. The molecule has 2 atom stereocenters. The lowest BCUT2D eigenvalue weighted by atomic mass is 10.0. The lowest BCUT2D eigenvalue weighted by molar-refractivity contribution is -0.120. The second kappa shape index (κ2) is 8.83. The molecular weight excluding hydrogens is 326 g/mol. The van der Waals surface area contributed by atoms with E-state index in [4.69, 9.17) is 10.5 Å². The maximum Gasteiger partial charge on any atom is 0.239 e. The second-order valence-corrected chi connectivity index (χ2v) is 6.69. The van der Waals surface area contributed by atoms with Gasteiger partial charge in [-0.1, -0.05) is 42.5 Å². The van der Waals surface area contributed by atoms with Crippen LogP contribution in [0.2, 0.25) is 0 Å². The van der Waals surface area contributed by atoms with E-state index < -0.39 is 6.04 Å². The van der Waals surface area contributed by atoms with E-state index in [2.05, 4.69) is 22.3 Å². The van der Waals surface area contributed by atoms with E-state index in [0.717, 1.165) is 24.4 Å². The normalized spacial score (nSPS) is 17.0. The first kappa shape index (κ1) is 18.4. The van der Waals surface area contributed by atoms with Gasteiger partial charge in [0, 0.05) is 12.6 Å². The predicted octanol–water partition coefficient (Wildman–Crippen LogP) is 2.65. The van der Waals surface area contributed by atoms with E-state index in [9.17, 15) is 4.79 Å². The highest BCUT2D eigenvalue weighted by Gasteiger charge is 2.26. The molecule has 1 aliphatic rings. The van der Waals surface area contributed by atoms with Gasteiger partial charge in [-0.25, -0.2) is 0 Å². The molecule has 138 valence electrons. The summed E-state index contributed by atoms with van der Waals surface area (Å²) < 4.78 is 5.27. The number of nitrogens with one attached hydrogen (secondary N) is 1. The maximum atomic E-state index is 12.0. The quantitative estimate of drug-likeness (QED) is 0.766. The summed E-state index contributed by atoms with van der Waals surface area (Å²) in [6.07, 6.45) is 2.43. The number of carbonyl (C=O) groups is 1. The minimum atomic E-state index is -0.487. The average molecular weight is 353 g/mol. The van der Waals surface area contributed by atoms with Gasteiger partial charge >= 0.3 is 0 Å². The van der Waals surface area contributed by atoms with Gasteiger partial charge in [0.15, 0.2) is 0 Å². The van der Waals surface area contributed by atoms with Crippen molar-refractivity contribution < 1.29 is 9.53 Å². The van der Waals surface area contributed by atoms with Gasteiger partial charge in [0.2, 0.25) is 5.91 Å². The number of nitrogens with two attached hydrogens (primary N) is 1. The van der Waals surface area contributed by atoms with Crippen LogP contribution in [0.3, 0.4) is 0 Å². The predicted molar refractivity (Wildman–Crippen MR) is 103 cm³/mol. The fraction of sp³-hybridized carbons (Fsp3) is 0.381. The highest BCUT2D eigenvalue weighted by molar-refractivity contribution is 5.81. The van der Waals surface area contributed by atoms with Crippen LogP contribution in [0.15, 0.2) is 54.6 Å². The number of primary amides is 1. The first-order valence-corrected chi connectivity index (χ1v) is 9.14.